The van der Waals surface area contributed by atoms with E-state index in [0.29, 0.717) is 16.7 Å². The zero-order valence-corrected chi connectivity index (χ0v) is 13.4. The van der Waals surface area contributed by atoms with Crippen molar-refractivity contribution in [2.45, 2.75) is 11.2 Å². The van der Waals surface area contributed by atoms with Gasteiger partial charge in [0, 0.05) is 5.75 Å². The van der Waals surface area contributed by atoms with Crippen LogP contribution in [0.25, 0.3) is 0 Å². The van der Waals surface area contributed by atoms with Crippen molar-refractivity contribution >= 4 is 17.5 Å². The number of nitrogens with two attached hydrogens (primary N) is 1. The molecule has 1 unspecified atom stereocenters. The van der Waals surface area contributed by atoms with E-state index in [1.165, 1.54) is 23.9 Å². The van der Waals surface area contributed by atoms with Gasteiger partial charge in [-0.2, -0.15) is 9.78 Å². The van der Waals surface area contributed by atoms with E-state index in [4.69, 9.17) is 5.73 Å². The summed E-state index contributed by atoms with van der Waals surface area (Å²) in [6.07, 6.45) is 0. The van der Waals surface area contributed by atoms with Crippen LogP contribution in [0.3, 0.4) is 0 Å². The molecule has 1 aliphatic heterocycles. The summed E-state index contributed by atoms with van der Waals surface area (Å²) in [6, 6.07) is 15.6. The summed E-state index contributed by atoms with van der Waals surface area (Å²) in [4.78, 5) is 0. The van der Waals surface area contributed by atoms with Gasteiger partial charge in [-0.25, -0.2) is 4.39 Å². The smallest absolute Gasteiger partial charge is 0.212 e. The normalized spacial score (nSPS) is 14.8. The van der Waals surface area contributed by atoms with Gasteiger partial charge in [0.1, 0.15) is 5.82 Å². The van der Waals surface area contributed by atoms with Gasteiger partial charge >= 0.3 is 0 Å². The van der Waals surface area contributed by atoms with Gasteiger partial charge in [0.2, 0.25) is 5.16 Å². The molecule has 0 fully saturated rings. The number of thioether (sulfide) groups is 1. The Balaban J connectivity index is 1.73. The topological polar surface area (TPSA) is 69.1 Å². The predicted molar refractivity (Wildman–Crippen MR) is 91.6 cm³/mol. The second-order valence-electron chi connectivity index (χ2n) is 5.38. The Morgan fingerprint density at radius 1 is 1.04 bits per heavy atom. The first-order valence-corrected chi connectivity index (χ1v) is 8.43. The SMILES string of the molecule is NC(c1ccccc1)c1nnc2n1N=C(c1ccc(F)cc1)CS2. The van der Waals surface area contributed by atoms with E-state index in [1.807, 2.05) is 30.3 Å². The summed E-state index contributed by atoms with van der Waals surface area (Å²) in [6.45, 7) is 0. The van der Waals surface area contributed by atoms with Gasteiger partial charge in [-0.1, -0.05) is 54.2 Å². The van der Waals surface area contributed by atoms with Crippen molar-refractivity contribution in [2.75, 3.05) is 5.75 Å². The van der Waals surface area contributed by atoms with Crippen molar-refractivity contribution in [1.29, 1.82) is 0 Å². The van der Waals surface area contributed by atoms with Crippen LogP contribution in [-0.4, -0.2) is 26.3 Å². The van der Waals surface area contributed by atoms with Crippen LogP contribution >= 0.6 is 11.8 Å². The molecule has 1 aliphatic rings. The number of hydrogen-bond acceptors (Lipinski definition) is 5. The van der Waals surface area contributed by atoms with Crippen LogP contribution in [0.5, 0.6) is 0 Å². The third kappa shape index (κ3) is 2.72. The zero-order valence-electron chi connectivity index (χ0n) is 12.6. The average Bonchev–Trinajstić information content (AvgIpc) is 3.05. The van der Waals surface area contributed by atoms with Gasteiger partial charge in [0.05, 0.1) is 11.8 Å². The molecule has 0 bridgehead atoms. The molecular weight excluding hydrogens is 325 g/mol. The molecule has 2 aromatic carbocycles. The summed E-state index contributed by atoms with van der Waals surface area (Å²) in [5, 5.41) is 13.7. The third-order valence-electron chi connectivity index (χ3n) is 3.81. The average molecular weight is 339 g/mol. The fourth-order valence-electron chi connectivity index (χ4n) is 2.53. The third-order valence-corrected chi connectivity index (χ3v) is 4.74. The van der Waals surface area contributed by atoms with E-state index in [2.05, 4.69) is 15.3 Å². The lowest BCUT2D eigenvalue weighted by atomic mass is 10.1. The second kappa shape index (κ2) is 6.18. The Hall–Kier alpha value is -2.51. The molecule has 0 aliphatic carbocycles. The summed E-state index contributed by atoms with van der Waals surface area (Å²) < 4.78 is 14.8. The minimum atomic E-state index is -0.413. The molecule has 2 heterocycles. The van der Waals surface area contributed by atoms with Gasteiger partial charge in [-0.3, -0.25) is 0 Å². The van der Waals surface area contributed by atoms with E-state index < -0.39 is 6.04 Å². The van der Waals surface area contributed by atoms with E-state index in [1.54, 1.807) is 16.8 Å². The summed E-state index contributed by atoms with van der Waals surface area (Å²) in [7, 11) is 0. The van der Waals surface area contributed by atoms with E-state index in [9.17, 15) is 4.39 Å². The lowest BCUT2D eigenvalue weighted by Crippen LogP contribution is -2.20. The van der Waals surface area contributed by atoms with Crippen LogP contribution in [-0.2, 0) is 0 Å². The van der Waals surface area contributed by atoms with Crippen LogP contribution in [0, 0.1) is 5.82 Å². The zero-order chi connectivity index (χ0) is 16.5. The van der Waals surface area contributed by atoms with Gasteiger partial charge in [-0.05, 0) is 23.3 Å². The largest absolute Gasteiger partial charge is 0.318 e. The molecule has 1 aromatic heterocycles. The molecule has 3 aromatic rings. The molecule has 0 radical (unpaired) electrons. The highest BCUT2D eigenvalue weighted by molar-refractivity contribution is 7.99. The fourth-order valence-corrected chi connectivity index (χ4v) is 3.38. The minimum absolute atomic E-state index is 0.264. The Bertz CT molecular complexity index is 889. The Morgan fingerprint density at radius 3 is 2.54 bits per heavy atom. The van der Waals surface area contributed by atoms with Crippen LogP contribution in [0.1, 0.15) is 23.0 Å². The highest BCUT2D eigenvalue weighted by Gasteiger charge is 2.24. The number of nitrogens with zero attached hydrogens (tertiary/aromatic N) is 4. The number of hydrogen-bond donors (Lipinski definition) is 1. The number of rotatable bonds is 3. The summed E-state index contributed by atoms with van der Waals surface area (Å²) in [5.74, 6) is 0.979. The van der Waals surface area contributed by atoms with Gasteiger partial charge in [0.15, 0.2) is 5.82 Å². The first-order valence-electron chi connectivity index (χ1n) is 7.45. The van der Waals surface area contributed by atoms with E-state index in [0.717, 1.165) is 16.8 Å². The van der Waals surface area contributed by atoms with Crippen molar-refractivity contribution in [1.82, 2.24) is 14.9 Å². The molecule has 24 heavy (non-hydrogen) atoms. The molecule has 4 rings (SSSR count). The maximum absolute atomic E-state index is 13.1. The first-order chi connectivity index (χ1) is 11.7. The molecule has 2 N–H and O–H groups in total. The Labute approximate surface area is 142 Å². The highest BCUT2D eigenvalue weighted by atomic mass is 32.2. The molecule has 7 heteroatoms. The molecular formula is C17H14FN5S. The summed E-state index contributed by atoms with van der Waals surface area (Å²) >= 11 is 1.54. The quantitative estimate of drug-likeness (QED) is 0.797. The number of fused-ring (bicyclic) bond motifs is 1. The van der Waals surface area contributed by atoms with Crippen molar-refractivity contribution in [2.24, 2.45) is 10.8 Å². The minimum Gasteiger partial charge on any atom is -0.318 e. The molecule has 5 nitrogen and oxygen atoms in total. The number of aromatic nitrogens is 3. The first kappa shape index (κ1) is 15.0. The molecule has 0 saturated carbocycles. The van der Waals surface area contributed by atoms with Crippen molar-refractivity contribution in [3.8, 4) is 0 Å². The molecule has 120 valence electrons. The van der Waals surface area contributed by atoms with E-state index >= 15 is 0 Å². The molecule has 0 saturated heterocycles. The Kier molecular flexibility index (Phi) is 3.87. The number of halogens is 1. The molecule has 1 atom stereocenters. The van der Waals surface area contributed by atoms with Crippen LogP contribution in [0.4, 0.5) is 4.39 Å². The Morgan fingerprint density at radius 2 is 1.79 bits per heavy atom. The molecule has 0 spiro atoms. The van der Waals surface area contributed by atoms with Crippen LogP contribution in [0.15, 0.2) is 64.9 Å². The lowest BCUT2D eigenvalue weighted by molar-refractivity contribution is 0.627. The standard InChI is InChI=1S/C17H14FN5S/c18-13-8-6-11(7-9-13)14-10-24-17-21-20-16(23(17)22-14)15(19)12-4-2-1-3-5-12/h1-9,15H,10,19H2. The lowest BCUT2D eigenvalue weighted by Gasteiger charge is -2.16. The van der Waals surface area contributed by atoms with Gasteiger partial charge in [-0.15, -0.1) is 10.2 Å². The second-order valence-corrected chi connectivity index (χ2v) is 6.33. The number of benzene rings is 2. The molecule has 0 amide bonds. The fraction of sp³-hybridized carbons (Fsp3) is 0.118. The van der Waals surface area contributed by atoms with Gasteiger partial charge in [0.25, 0.3) is 0 Å². The maximum atomic E-state index is 13.1. The van der Waals surface area contributed by atoms with Crippen LogP contribution < -0.4 is 5.73 Å². The predicted octanol–water partition coefficient (Wildman–Crippen LogP) is 2.82. The van der Waals surface area contributed by atoms with Crippen molar-refractivity contribution < 1.29 is 4.39 Å². The monoisotopic (exact) mass is 339 g/mol. The summed E-state index contributed by atoms with van der Waals surface area (Å²) in [5.41, 5.74) is 9.00. The van der Waals surface area contributed by atoms with Crippen molar-refractivity contribution in [3.05, 3.63) is 77.4 Å². The van der Waals surface area contributed by atoms with Crippen molar-refractivity contribution in [3.63, 3.8) is 0 Å². The van der Waals surface area contributed by atoms with Gasteiger partial charge < -0.3 is 5.73 Å². The highest BCUT2D eigenvalue weighted by Crippen LogP contribution is 2.27. The van der Waals surface area contributed by atoms with E-state index in [-0.39, 0.29) is 5.82 Å². The maximum Gasteiger partial charge on any atom is 0.212 e. The van der Waals surface area contributed by atoms with Crippen LogP contribution in [0.2, 0.25) is 0 Å².